The summed E-state index contributed by atoms with van der Waals surface area (Å²) in [6, 6.07) is 10.2. The van der Waals surface area contributed by atoms with Crippen molar-refractivity contribution in [3.8, 4) is 5.75 Å². The average molecular weight is 376 g/mol. The number of aromatic nitrogens is 3. The van der Waals surface area contributed by atoms with E-state index < -0.39 is 6.61 Å². The van der Waals surface area contributed by atoms with Gasteiger partial charge in [-0.1, -0.05) is 0 Å². The molecular formula is C18H18F2N4O3. The predicted octanol–water partition coefficient (Wildman–Crippen LogP) is 3.58. The summed E-state index contributed by atoms with van der Waals surface area (Å²) < 4.78 is 30.4. The lowest BCUT2D eigenvalue weighted by atomic mass is 10.3. The van der Waals surface area contributed by atoms with Gasteiger partial charge in [0.15, 0.2) is 5.65 Å². The Labute approximate surface area is 154 Å². The average Bonchev–Trinajstić information content (AvgIpc) is 3.45. The molecule has 142 valence electrons. The maximum atomic E-state index is 12.2. The van der Waals surface area contributed by atoms with Gasteiger partial charge in [-0.2, -0.15) is 18.4 Å². The fourth-order valence-electron chi connectivity index (χ4n) is 2.45. The number of halogens is 2. The Hall–Kier alpha value is -3.36. The van der Waals surface area contributed by atoms with Crippen molar-refractivity contribution in [3.05, 3.63) is 48.3 Å². The number of benzene rings is 1. The van der Waals surface area contributed by atoms with Crippen LogP contribution in [-0.2, 0) is 9.59 Å². The number of alkyl halides is 2. The highest BCUT2D eigenvalue weighted by atomic mass is 19.3. The quantitative estimate of drug-likeness (QED) is 0.733. The third kappa shape index (κ3) is 5.06. The Morgan fingerprint density at radius 2 is 1.78 bits per heavy atom. The Balaban J connectivity index is 0.000000614. The first kappa shape index (κ1) is 20.0. The molecule has 0 aliphatic heterocycles. The predicted molar refractivity (Wildman–Crippen MR) is 95.6 cm³/mol. The number of carbonyl (C=O) groups is 2. The van der Waals surface area contributed by atoms with Gasteiger partial charge in [0.05, 0.1) is 5.69 Å². The molecule has 2 aromatic heterocycles. The SMILES string of the molecule is C=O.C=O.FC(F)Oc1ccc(Nc2ccnc3cc(C4CC4)nn23)cc1. The van der Waals surface area contributed by atoms with Crippen LogP contribution in [-0.4, -0.2) is 34.8 Å². The van der Waals surface area contributed by atoms with Crippen molar-refractivity contribution < 1.29 is 23.1 Å². The van der Waals surface area contributed by atoms with E-state index in [1.807, 2.05) is 25.7 Å². The van der Waals surface area contributed by atoms with Gasteiger partial charge in [-0.3, -0.25) is 0 Å². The lowest BCUT2D eigenvalue weighted by Gasteiger charge is -2.09. The summed E-state index contributed by atoms with van der Waals surface area (Å²) in [5.41, 5.74) is 2.60. The minimum Gasteiger partial charge on any atom is -0.435 e. The molecule has 9 heteroatoms. The minimum atomic E-state index is -2.82. The number of hydrogen-bond donors (Lipinski definition) is 1. The maximum Gasteiger partial charge on any atom is 0.387 e. The van der Waals surface area contributed by atoms with E-state index >= 15 is 0 Å². The molecule has 27 heavy (non-hydrogen) atoms. The van der Waals surface area contributed by atoms with E-state index in [0.717, 1.165) is 22.8 Å². The number of rotatable bonds is 5. The number of ether oxygens (including phenoxy) is 1. The van der Waals surface area contributed by atoms with Gasteiger partial charge in [0.25, 0.3) is 0 Å². The molecular weight excluding hydrogens is 358 g/mol. The van der Waals surface area contributed by atoms with Gasteiger partial charge in [0.1, 0.15) is 25.1 Å². The fraction of sp³-hybridized carbons (Fsp3) is 0.222. The molecule has 0 saturated heterocycles. The molecule has 0 atom stereocenters. The number of fused-ring (bicyclic) bond motifs is 1. The van der Waals surface area contributed by atoms with Gasteiger partial charge in [0, 0.05) is 23.9 Å². The molecule has 7 nitrogen and oxygen atoms in total. The minimum absolute atomic E-state index is 0.125. The lowest BCUT2D eigenvalue weighted by molar-refractivity contribution is -0.0987. The molecule has 1 N–H and O–H groups in total. The zero-order valence-corrected chi connectivity index (χ0v) is 14.3. The molecule has 2 heterocycles. The van der Waals surface area contributed by atoms with Crippen LogP contribution in [0.25, 0.3) is 5.65 Å². The van der Waals surface area contributed by atoms with E-state index in [9.17, 15) is 8.78 Å². The zero-order valence-electron chi connectivity index (χ0n) is 14.3. The van der Waals surface area contributed by atoms with Gasteiger partial charge < -0.3 is 19.6 Å². The maximum absolute atomic E-state index is 12.2. The molecule has 3 aromatic rings. The second kappa shape index (κ2) is 9.37. The summed E-state index contributed by atoms with van der Waals surface area (Å²) in [6.45, 7) is 1.18. The first-order valence-electron chi connectivity index (χ1n) is 7.93. The number of carbonyl (C=O) groups excluding carboxylic acids is 2. The second-order valence-corrected chi connectivity index (χ2v) is 5.47. The monoisotopic (exact) mass is 376 g/mol. The molecule has 1 saturated carbocycles. The van der Waals surface area contributed by atoms with Crippen molar-refractivity contribution in [2.75, 3.05) is 5.32 Å². The topological polar surface area (TPSA) is 85.6 Å². The van der Waals surface area contributed by atoms with E-state index in [4.69, 9.17) is 9.59 Å². The van der Waals surface area contributed by atoms with Crippen LogP contribution in [0.2, 0.25) is 0 Å². The lowest BCUT2D eigenvalue weighted by Crippen LogP contribution is -2.03. The number of hydrogen-bond acceptors (Lipinski definition) is 6. The summed E-state index contributed by atoms with van der Waals surface area (Å²) in [7, 11) is 0. The van der Waals surface area contributed by atoms with Gasteiger partial charge in [-0.25, -0.2) is 4.98 Å². The Bertz CT molecular complexity index is 865. The molecule has 0 bridgehead atoms. The summed E-state index contributed by atoms with van der Waals surface area (Å²) >= 11 is 0. The van der Waals surface area contributed by atoms with Crippen molar-refractivity contribution in [1.29, 1.82) is 0 Å². The highest BCUT2D eigenvalue weighted by molar-refractivity contribution is 5.60. The van der Waals surface area contributed by atoms with Gasteiger partial charge in [0.2, 0.25) is 0 Å². The van der Waals surface area contributed by atoms with E-state index in [0.29, 0.717) is 5.92 Å². The first-order valence-corrected chi connectivity index (χ1v) is 7.93. The van der Waals surface area contributed by atoms with Crippen LogP contribution in [0.3, 0.4) is 0 Å². The van der Waals surface area contributed by atoms with Crippen LogP contribution in [0.4, 0.5) is 20.3 Å². The number of anilines is 2. The van der Waals surface area contributed by atoms with Gasteiger partial charge in [-0.15, -0.1) is 0 Å². The summed E-state index contributed by atoms with van der Waals surface area (Å²) in [6.07, 6.45) is 4.07. The zero-order chi connectivity index (χ0) is 19.8. The van der Waals surface area contributed by atoms with Crippen molar-refractivity contribution >= 4 is 30.7 Å². The summed E-state index contributed by atoms with van der Waals surface area (Å²) in [4.78, 5) is 20.3. The van der Waals surface area contributed by atoms with E-state index in [2.05, 4.69) is 20.1 Å². The van der Waals surface area contributed by atoms with Crippen LogP contribution in [0, 0.1) is 0 Å². The highest BCUT2D eigenvalue weighted by Gasteiger charge is 2.26. The van der Waals surface area contributed by atoms with E-state index in [1.54, 1.807) is 22.8 Å². The van der Waals surface area contributed by atoms with Crippen molar-refractivity contribution in [3.63, 3.8) is 0 Å². The van der Waals surface area contributed by atoms with Crippen LogP contribution < -0.4 is 10.1 Å². The number of nitrogens with zero attached hydrogens (tertiary/aromatic N) is 3. The smallest absolute Gasteiger partial charge is 0.387 e. The summed E-state index contributed by atoms with van der Waals surface area (Å²) in [5.74, 6) is 1.44. The normalized spacial score (nSPS) is 12.6. The van der Waals surface area contributed by atoms with E-state index in [1.165, 1.54) is 25.0 Å². The third-order valence-electron chi connectivity index (χ3n) is 3.72. The highest BCUT2D eigenvalue weighted by Crippen LogP contribution is 2.39. The first-order chi connectivity index (χ1) is 13.2. The molecule has 1 aliphatic carbocycles. The largest absolute Gasteiger partial charge is 0.435 e. The van der Waals surface area contributed by atoms with E-state index in [-0.39, 0.29) is 5.75 Å². The van der Waals surface area contributed by atoms with Crippen LogP contribution in [0.5, 0.6) is 5.75 Å². The Morgan fingerprint density at radius 1 is 1.11 bits per heavy atom. The molecule has 0 unspecified atom stereocenters. The third-order valence-corrected chi connectivity index (χ3v) is 3.72. The Kier molecular flexibility index (Phi) is 6.93. The van der Waals surface area contributed by atoms with Crippen LogP contribution in [0.15, 0.2) is 42.6 Å². The van der Waals surface area contributed by atoms with Crippen LogP contribution >= 0.6 is 0 Å². The van der Waals surface area contributed by atoms with Gasteiger partial charge in [-0.05, 0) is 43.2 Å². The van der Waals surface area contributed by atoms with Gasteiger partial charge >= 0.3 is 6.61 Å². The molecule has 0 spiro atoms. The van der Waals surface area contributed by atoms with Crippen molar-refractivity contribution in [2.45, 2.75) is 25.4 Å². The molecule has 1 aromatic carbocycles. The molecule has 1 fully saturated rings. The molecule has 0 amide bonds. The van der Waals surface area contributed by atoms with Crippen molar-refractivity contribution in [2.24, 2.45) is 0 Å². The molecule has 0 radical (unpaired) electrons. The standard InChI is InChI=1S/C16H14F2N4O.2CH2O/c17-16(18)23-12-5-3-11(4-6-12)20-14-7-8-19-15-9-13(10-1-2-10)21-22(14)15;2*1-2/h3-10,16,20H,1-2H2;2*1H2. The second-order valence-electron chi connectivity index (χ2n) is 5.47. The number of nitrogens with one attached hydrogen (secondary N) is 1. The van der Waals surface area contributed by atoms with Crippen LogP contribution in [0.1, 0.15) is 24.5 Å². The van der Waals surface area contributed by atoms with Crippen molar-refractivity contribution in [1.82, 2.24) is 14.6 Å². The fourth-order valence-corrected chi connectivity index (χ4v) is 2.45. The summed E-state index contributed by atoms with van der Waals surface area (Å²) in [5, 5.41) is 7.81. The molecule has 4 rings (SSSR count). The molecule has 1 aliphatic rings. The Morgan fingerprint density at radius 3 is 2.37 bits per heavy atom.